The van der Waals surface area contributed by atoms with E-state index in [1.165, 1.54) is 21.9 Å². The van der Waals surface area contributed by atoms with Gasteiger partial charge in [0, 0.05) is 24.6 Å². The molecule has 7 rings (SSSR count). The van der Waals surface area contributed by atoms with E-state index >= 15 is 0 Å². The number of nitrogens with zero attached hydrogens (tertiary/aromatic N) is 3. The van der Waals surface area contributed by atoms with Crippen LogP contribution < -0.4 is 15.5 Å². The van der Waals surface area contributed by atoms with E-state index in [2.05, 4.69) is 16.7 Å². The molecule has 1 aliphatic carbocycles. The van der Waals surface area contributed by atoms with Gasteiger partial charge in [-0.3, -0.25) is 19.3 Å². The zero-order valence-corrected chi connectivity index (χ0v) is 26.0. The van der Waals surface area contributed by atoms with Crippen LogP contribution in [0.3, 0.4) is 0 Å². The second-order valence-corrected chi connectivity index (χ2v) is 13.3. The van der Waals surface area contributed by atoms with Gasteiger partial charge in [-0.2, -0.15) is 5.26 Å². The molecular formula is C36H34FN5O5. The topological polar surface area (TPSA) is 132 Å². The van der Waals surface area contributed by atoms with Crippen molar-refractivity contribution in [1.29, 1.82) is 5.26 Å². The number of likely N-dealkylation sites (tertiary alicyclic amines) is 1. The Labute approximate surface area is 271 Å². The molecule has 1 saturated carbocycles. The van der Waals surface area contributed by atoms with Gasteiger partial charge in [-0.15, -0.1) is 0 Å². The number of hydrogen-bond acceptors (Lipinski definition) is 6. The summed E-state index contributed by atoms with van der Waals surface area (Å²) in [6.45, 7) is 3.77. The zero-order chi connectivity index (χ0) is 33.1. The third-order valence-electron chi connectivity index (χ3n) is 9.93. The molecule has 240 valence electrons. The summed E-state index contributed by atoms with van der Waals surface area (Å²) >= 11 is 0. The Bertz CT molecular complexity index is 1840. The number of alkyl carbamates (subject to hydrolysis) is 1. The summed E-state index contributed by atoms with van der Waals surface area (Å²) in [4.78, 5) is 58.4. The molecular weight excluding hydrogens is 601 g/mol. The molecule has 1 saturated heterocycles. The minimum atomic E-state index is -1.38. The Morgan fingerprint density at radius 1 is 1.09 bits per heavy atom. The maximum Gasteiger partial charge on any atom is 0.408 e. The van der Waals surface area contributed by atoms with Crippen molar-refractivity contribution in [3.8, 4) is 6.07 Å². The smallest absolute Gasteiger partial charge is 0.408 e. The number of ether oxygens (including phenoxy) is 1. The number of carbonyl (C=O) groups excluding carboxylic acids is 4. The molecule has 2 N–H and O–H groups in total. The number of halogens is 1. The van der Waals surface area contributed by atoms with Gasteiger partial charge in [-0.05, 0) is 53.6 Å². The lowest BCUT2D eigenvalue weighted by Gasteiger charge is -2.41. The number of fused-ring (bicyclic) bond motifs is 5. The Balaban J connectivity index is 1.23. The average molecular weight is 636 g/mol. The van der Waals surface area contributed by atoms with Crippen LogP contribution in [-0.2, 0) is 31.1 Å². The highest BCUT2D eigenvalue weighted by Crippen LogP contribution is 2.59. The molecule has 5 atom stereocenters. The number of benzene rings is 3. The molecule has 11 heteroatoms. The highest BCUT2D eigenvalue weighted by atomic mass is 19.1. The average Bonchev–Trinajstić information content (AvgIpc) is 3.55. The van der Waals surface area contributed by atoms with E-state index in [1.807, 2.05) is 62.4 Å². The van der Waals surface area contributed by atoms with Crippen LogP contribution >= 0.6 is 0 Å². The molecule has 0 radical (unpaired) electrons. The molecule has 2 unspecified atom stereocenters. The summed E-state index contributed by atoms with van der Waals surface area (Å²) < 4.78 is 20.3. The van der Waals surface area contributed by atoms with Gasteiger partial charge in [0.1, 0.15) is 30.0 Å². The minimum Gasteiger partial charge on any atom is -0.445 e. The van der Waals surface area contributed by atoms with Gasteiger partial charge in [0.05, 0.1) is 17.2 Å². The van der Waals surface area contributed by atoms with Gasteiger partial charge in [-0.25, -0.2) is 9.18 Å². The van der Waals surface area contributed by atoms with Crippen LogP contribution in [0.4, 0.5) is 20.6 Å². The normalized spacial score (nSPS) is 25.9. The molecule has 3 heterocycles. The van der Waals surface area contributed by atoms with Crippen molar-refractivity contribution in [3.05, 3.63) is 95.3 Å². The van der Waals surface area contributed by atoms with Gasteiger partial charge in [0.2, 0.25) is 11.8 Å². The highest BCUT2D eigenvalue weighted by Gasteiger charge is 2.68. The molecule has 47 heavy (non-hydrogen) atoms. The third-order valence-corrected chi connectivity index (χ3v) is 9.93. The van der Waals surface area contributed by atoms with Crippen molar-refractivity contribution in [2.75, 3.05) is 16.8 Å². The SMILES string of the molecule is CC(C)C[C@@H](C(=O)N1C[C@]2(C[C@H]1C#N)C(=O)Nc1ccccc12)N1C(=O)C2(NC(=O)OCc3ccccc3)CC2c2ccc(F)cc21. The molecule has 1 spiro atoms. The summed E-state index contributed by atoms with van der Waals surface area (Å²) in [5, 5.41) is 15.9. The zero-order valence-electron chi connectivity index (χ0n) is 26.0. The predicted octanol–water partition coefficient (Wildman–Crippen LogP) is 4.75. The standard InChI is InChI=1S/C36H34FN5O5/c1-21(2)14-30(31(43)41-20-35(16-24(41)18-38)26-10-6-7-11-28(26)39-32(35)44)42-29-15-23(37)12-13-25(29)27-17-36(27,33(42)45)40-34(46)47-19-22-8-4-3-5-9-22/h3-13,15,21,24,27,30H,14,16-17,19-20H2,1-2H3,(H,39,44)(H,40,46)/t24-,27?,30-,35-,36?/m0/s1. The van der Waals surface area contributed by atoms with Crippen LogP contribution in [0.15, 0.2) is 72.8 Å². The maximum absolute atomic E-state index is 14.8. The number of para-hydroxylation sites is 1. The Morgan fingerprint density at radius 2 is 1.83 bits per heavy atom. The molecule has 3 aliphatic heterocycles. The van der Waals surface area contributed by atoms with Crippen molar-refractivity contribution in [3.63, 3.8) is 0 Å². The monoisotopic (exact) mass is 635 g/mol. The second kappa shape index (κ2) is 11.2. The Hall–Kier alpha value is -5.24. The van der Waals surface area contributed by atoms with Crippen LogP contribution in [0.1, 0.15) is 55.7 Å². The Kier molecular flexibility index (Phi) is 7.27. The number of nitrogens with one attached hydrogen (secondary N) is 2. The van der Waals surface area contributed by atoms with Gasteiger partial charge < -0.3 is 20.3 Å². The van der Waals surface area contributed by atoms with E-state index in [9.17, 15) is 28.8 Å². The minimum absolute atomic E-state index is 0.00451. The first kappa shape index (κ1) is 30.4. The van der Waals surface area contributed by atoms with E-state index < -0.39 is 52.7 Å². The first-order chi connectivity index (χ1) is 22.6. The lowest BCUT2D eigenvalue weighted by Crippen LogP contribution is -2.61. The lowest BCUT2D eigenvalue weighted by molar-refractivity contribution is -0.136. The van der Waals surface area contributed by atoms with Gasteiger partial charge in [0.25, 0.3) is 5.91 Å². The summed E-state index contributed by atoms with van der Waals surface area (Å²) in [7, 11) is 0. The maximum atomic E-state index is 14.8. The molecule has 0 aromatic heterocycles. The second-order valence-electron chi connectivity index (χ2n) is 13.3. The van der Waals surface area contributed by atoms with Gasteiger partial charge in [0.15, 0.2) is 0 Å². The predicted molar refractivity (Wildman–Crippen MR) is 169 cm³/mol. The summed E-state index contributed by atoms with van der Waals surface area (Å²) in [5.74, 6) is -2.42. The molecule has 2 fully saturated rings. The van der Waals surface area contributed by atoms with Crippen molar-refractivity contribution in [1.82, 2.24) is 10.2 Å². The van der Waals surface area contributed by atoms with E-state index in [-0.39, 0.29) is 49.9 Å². The quantitative estimate of drug-likeness (QED) is 0.385. The largest absolute Gasteiger partial charge is 0.445 e. The fourth-order valence-electron chi connectivity index (χ4n) is 7.60. The number of anilines is 2. The summed E-state index contributed by atoms with van der Waals surface area (Å²) in [5.41, 5.74) is 0.552. The van der Waals surface area contributed by atoms with E-state index in [0.29, 0.717) is 11.3 Å². The van der Waals surface area contributed by atoms with Crippen LogP contribution in [0.25, 0.3) is 0 Å². The van der Waals surface area contributed by atoms with Crippen LogP contribution in [-0.4, -0.2) is 52.9 Å². The van der Waals surface area contributed by atoms with Crippen LogP contribution in [0.2, 0.25) is 0 Å². The van der Waals surface area contributed by atoms with Crippen LogP contribution in [0, 0.1) is 23.1 Å². The fraction of sp³-hybridized carbons (Fsp3) is 0.361. The molecule has 3 aromatic carbocycles. The molecule has 4 aliphatic rings. The van der Waals surface area contributed by atoms with Crippen molar-refractivity contribution in [2.45, 2.75) is 68.7 Å². The van der Waals surface area contributed by atoms with Crippen molar-refractivity contribution >= 4 is 35.2 Å². The molecule has 10 nitrogen and oxygen atoms in total. The van der Waals surface area contributed by atoms with E-state index in [4.69, 9.17) is 4.74 Å². The van der Waals surface area contributed by atoms with Gasteiger partial charge in [-0.1, -0.05) is 68.4 Å². The Morgan fingerprint density at radius 3 is 2.57 bits per heavy atom. The van der Waals surface area contributed by atoms with Gasteiger partial charge >= 0.3 is 6.09 Å². The molecule has 4 amide bonds. The van der Waals surface area contributed by atoms with Crippen molar-refractivity contribution < 1.29 is 28.3 Å². The van der Waals surface area contributed by atoms with Crippen LogP contribution in [0.5, 0.6) is 0 Å². The number of carbonyl (C=O) groups is 4. The molecule has 3 aromatic rings. The van der Waals surface area contributed by atoms with E-state index in [0.717, 1.165) is 11.1 Å². The number of rotatable bonds is 7. The lowest BCUT2D eigenvalue weighted by atomic mass is 9.80. The third kappa shape index (κ3) is 4.90. The van der Waals surface area contributed by atoms with Crippen molar-refractivity contribution in [2.24, 2.45) is 5.92 Å². The summed E-state index contributed by atoms with van der Waals surface area (Å²) in [6.07, 6.45) is -0.218. The highest BCUT2D eigenvalue weighted by molar-refractivity contribution is 6.13. The van der Waals surface area contributed by atoms with E-state index in [1.54, 1.807) is 12.1 Å². The fourth-order valence-corrected chi connectivity index (χ4v) is 7.60. The number of amides is 4. The first-order valence-corrected chi connectivity index (χ1v) is 15.8. The number of nitriles is 1. The molecule has 0 bridgehead atoms. The number of hydrogen-bond donors (Lipinski definition) is 2. The first-order valence-electron chi connectivity index (χ1n) is 15.8. The summed E-state index contributed by atoms with van der Waals surface area (Å²) in [6, 6.07) is 20.7.